The van der Waals surface area contributed by atoms with E-state index in [2.05, 4.69) is 16.5 Å². The fourth-order valence-corrected chi connectivity index (χ4v) is 4.50. The van der Waals surface area contributed by atoms with Gasteiger partial charge in [0.2, 0.25) is 0 Å². The van der Waals surface area contributed by atoms with Gasteiger partial charge in [0.15, 0.2) is 0 Å². The van der Waals surface area contributed by atoms with Crippen LogP contribution in [0.1, 0.15) is 30.4 Å². The molecule has 2 amide bonds. The van der Waals surface area contributed by atoms with Crippen molar-refractivity contribution in [3.63, 3.8) is 0 Å². The van der Waals surface area contributed by atoms with Crippen LogP contribution in [0.3, 0.4) is 0 Å². The van der Waals surface area contributed by atoms with Gasteiger partial charge in [-0.2, -0.15) is 5.10 Å². The number of carbonyl (C=O) groups is 2. The normalized spacial score (nSPS) is 24.0. The maximum Gasteiger partial charge on any atom is 0.317 e. The van der Waals surface area contributed by atoms with Crippen LogP contribution in [-0.4, -0.2) is 44.9 Å². The zero-order valence-electron chi connectivity index (χ0n) is 15.2. The Kier molecular flexibility index (Phi) is 4.59. The quantitative estimate of drug-likeness (QED) is 0.848. The lowest BCUT2D eigenvalue weighted by molar-refractivity contribution is -0.149. The van der Waals surface area contributed by atoms with Crippen LogP contribution in [0.2, 0.25) is 0 Å². The number of rotatable bonds is 5. The highest BCUT2D eigenvalue weighted by molar-refractivity contribution is 5.80. The molecule has 7 nitrogen and oxygen atoms in total. The Morgan fingerprint density at radius 1 is 1.30 bits per heavy atom. The molecule has 4 rings (SSSR count). The first-order chi connectivity index (χ1) is 13.1. The van der Waals surface area contributed by atoms with Gasteiger partial charge in [0, 0.05) is 32.0 Å². The second-order valence-electron chi connectivity index (χ2n) is 7.61. The van der Waals surface area contributed by atoms with Gasteiger partial charge in [-0.1, -0.05) is 30.7 Å². The Morgan fingerprint density at radius 3 is 2.89 bits per heavy atom. The molecule has 2 N–H and O–H groups in total. The average molecular weight is 368 g/mol. The number of fused-ring (bicyclic) bond motifs is 1. The molecule has 27 heavy (non-hydrogen) atoms. The molecular weight excluding hydrogens is 344 g/mol. The molecule has 1 aromatic heterocycles. The molecule has 2 atom stereocenters. The van der Waals surface area contributed by atoms with Crippen molar-refractivity contribution in [1.29, 1.82) is 0 Å². The van der Waals surface area contributed by atoms with Crippen LogP contribution in [-0.2, 0) is 17.9 Å². The lowest BCUT2D eigenvalue weighted by atomic mass is 9.81. The summed E-state index contributed by atoms with van der Waals surface area (Å²) in [5.74, 6) is -0.676. The van der Waals surface area contributed by atoms with Crippen molar-refractivity contribution in [2.75, 3.05) is 13.1 Å². The van der Waals surface area contributed by atoms with Crippen molar-refractivity contribution in [1.82, 2.24) is 20.0 Å². The van der Waals surface area contributed by atoms with Crippen molar-refractivity contribution in [3.8, 4) is 0 Å². The average Bonchev–Trinajstić information content (AvgIpc) is 3.35. The summed E-state index contributed by atoms with van der Waals surface area (Å²) in [6, 6.07) is 9.75. The van der Waals surface area contributed by atoms with E-state index in [1.165, 1.54) is 0 Å². The third kappa shape index (κ3) is 3.41. The van der Waals surface area contributed by atoms with Gasteiger partial charge in [-0.25, -0.2) is 4.79 Å². The SMILES string of the molecule is O=C(NCc1cccc(Cn2cccn2)c1)N1C[C@@H]2CCC[C@@]2(C(=O)O)C1. The highest BCUT2D eigenvalue weighted by Gasteiger charge is 2.55. The summed E-state index contributed by atoms with van der Waals surface area (Å²) >= 11 is 0. The van der Waals surface area contributed by atoms with Gasteiger partial charge in [0.25, 0.3) is 0 Å². The summed E-state index contributed by atoms with van der Waals surface area (Å²) in [6.07, 6.45) is 6.17. The molecular formula is C20H24N4O3. The number of likely N-dealkylation sites (tertiary alicyclic amines) is 1. The van der Waals surface area contributed by atoms with Gasteiger partial charge in [0.1, 0.15) is 0 Å². The summed E-state index contributed by atoms with van der Waals surface area (Å²) < 4.78 is 1.85. The minimum Gasteiger partial charge on any atom is -0.481 e. The Morgan fingerprint density at radius 2 is 2.15 bits per heavy atom. The number of carbonyl (C=O) groups excluding carboxylic acids is 1. The first kappa shape index (κ1) is 17.6. The van der Waals surface area contributed by atoms with Crippen LogP contribution >= 0.6 is 0 Å². The van der Waals surface area contributed by atoms with Crippen LogP contribution < -0.4 is 5.32 Å². The van der Waals surface area contributed by atoms with Crippen molar-refractivity contribution in [3.05, 3.63) is 53.9 Å². The number of carboxylic acid groups (broad SMARTS) is 1. The van der Waals surface area contributed by atoms with Crippen LogP contribution in [0.25, 0.3) is 0 Å². The van der Waals surface area contributed by atoms with Gasteiger partial charge in [0.05, 0.1) is 12.0 Å². The van der Waals surface area contributed by atoms with Gasteiger partial charge in [-0.05, 0) is 36.0 Å². The van der Waals surface area contributed by atoms with Crippen molar-refractivity contribution in [2.24, 2.45) is 11.3 Å². The fraction of sp³-hybridized carbons (Fsp3) is 0.450. The summed E-state index contributed by atoms with van der Waals surface area (Å²) in [6.45, 7) is 1.96. The Balaban J connectivity index is 1.35. The maximum absolute atomic E-state index is 12.6. The minimum atomic E-state index is -0.758. The van der Waals surface area contributed by atoms with E-state index in [0.717, 1.165) is 24.0 Å². The molecule has 2 aromatic rings. The summed E-state index contributed by atoms with van der Waals surface area (Å²) in [5, 5.41) is 16.8. The molecule has 1 aliphatic carbocycles. The Hall–Kier alpha value is -2.83. The van der Waals surface area contributed by atoms with Crippen LogP contribution in [0.4, 0.5) is 4.79 Å². The van der Waals surface area contributed by atoms with Crippen molar-refractivity contribution in [2.45, 2.75) is 32.4 Å². The van der Waals surface area contributed by atoms with E-state index in [1.807, 2.05) is 35.1 Å². The molecule has 1 saturated heterocycles. The number of hydrogen-bond acceptors (Lipinski definition) is 3. The second kappa shape index (κ2) is 7.06. The largest absolute Gasteiger partial charge is 0.481 e. The molecule has 0 unspecified atom stereocenters. The molecule has 2 aliphatic rings. The van der Waals surface area contributed by atoms with Gasteiger partial charge >= 0.3 is 12.0 Å². The molecule has 0 spiro atoms. The van der Waals surface area contributed by atoms with E-state index < -0.39 is 11.4 Å². The zero-order valence-corrected chi connectivity index (χ0v) is 15.2. The molecule has 142 valence electrons. The summed E-state index contributed by atoms with van der Waals surface area (Å²) in [5.41, 5.74) is 1.40. The highest BCUT2D eigenvalue weighted by atomic mass is 16.4. The lowest BCUT2D eigenvalue weighted by Crippen LogP contribution is -2.41. The predicted molar refractivity (Wildman–Crippen MR) is 99.0 cm³/mol. The minimum absolute atomic E-state index is 0.0816. The third-order valence-corrected chi connectivity index (χ3v) is 5.92. The predicted octanol–water partition coefficient (Wildman–Crippen LogP) is 2.33. The Labute approximate surface area is 158 Å². The van der Waals surface area contributed by atoms with Crippen LogP contribution in [0.15, 0.2) is 42.7 Å². The lowest BCUT2D eigenvalue weighted by Gasteiger charge is -2.23. The molecule has 2 heterocycles. The third-order valence-electron chi connectivity index (χ3n) is 5.92. The second-order valence-corrected chi connectivity index (χ2v) is 7.61. The Bertz CT molecular complexity index is 836. The van der Waals surface area contributed by atoms with E-state index in [-0.39, 0.29) is 11.9 Å². The van der Waals surface area contributed by atoms with Gasteiger partial charge in [-0.15, -0.1) is 0 Å². The molecule has 2 fully saturated rings. The standard InChI is InChI=1S/C20H24N4O3/c25-18(26)20-7-2-6-17(20)13-23(14-20)19(27)21-11-15-4-1-5-16(10-15)12-24-9-3-8-22-24/h1,3-5,8-10,17H,2,6-7,11-14H2,(H,21,27)(H,25,26)/t17-,20+/m0/s1. The number of aromatic nitrogens is 2. The molecule has 1 saturated carbocycles. The van der Waals surface area contributed by atoms with E-state index in [9.17, 15) is 14.7 Å². The molecule has 7 heteroatoms. The number of hydrogen-bond donors (Lipinski definition) is 2. The zero-order chi connectivity index (χ0) is 18.9. The first-order valence-corrected chi connectivity index (χ1v) is 9.38. The van der Waals surface area contributed by atoms with Gasteiger partial charge in [-0.3, -0.25) is 9.48 Å². The van der Waals surface area contributed by atoms with Crippen LogP contribution in [0, 0.1) is 11.3 Å². The molecule has 1 aliphatic heterocycles. The van der Waals surface area contributed by atoms with Crippen molar-refractivity contribution >= 4 is 12.0 Å². The molecule has 1 aromatic carbocycles. The highest BCUT2D eigenvalue weighted by Crippen LogP contribution is 2.48. The molecule has 0 bridgehead atoms. The number of nitrogens with one attached hydrogen (secondary N) is 1. The summed E-state index contributed by atoms with van der Waals surface area (Å²) in [7, 11) is 0. The van der Waals surface area contributed by atoms with Crippen molar-refractivity contribution < 1.29 is 14.7 Å². The van der Waals surface area contributed by atoms with E-state index in [4.69, 9.17) is 0 Å². The van der Waals surface area contributed by atoms with E-state index >= 15 is 0 Å². The topological polar surface area (TPSA) is 87.5 Å². The van der Waals surface area contributed by atoms with E-state index in [0.29, 0.717) is 32.6 Å². The summed E-state index contributed by atoms with van der Waals surface area (Å²) in [4.78, 5) is 26.0. The molecule has 0 radical (unpaired) electrons. The van der Waals surface area contributed by atoms with E-state index in [1.54, 1.807) is 11.1 Å². The number of carboxylic acids is 1. The number of nitrogens with zero attached hydrogens (tertiary/aromatic N) is 3. The maximum atomic E-state index is 12.6. The smallest absolute Gasteiger partial charge is 0.317 e. The number of benzene rings is 1. The fourth-order valence-electron chi connectivity index (χ4n) is 4.50. The van der Waals surface area contributed by atoms with Gasteiger partial charge < -0.3 is 15.3 Å². The number of urea groups is 1. The monoisotopic (exact) mass is 368 g/mol. The number of amides is 2. The first-order valence-electron chi connectivity index (χ1n) is 9.38. The van der Waals surface area contributed by atoms with Crippen LogP contribution in [0.5, 0.6) is 0 Å². The number of aliphatic carboxylic acids is 1.